The Bertz CT molecular complexity index is 223. The van der Waals surface area contributed by atoms with Gasteiger partial charge in [-0.2, -0.15) is 0 Å². The average Bonchev–Trinajstić information content (AvgIpc) is 2.36. The van der Waals surface area contributed by atoms with Crippen molar-refractivity contribution in [2.24, 2.45) is 0 Å². The van der Waals surface area contributed by atoms with Crippen molar-refractivity contribution in [1.82, 2.24) is 9.59 Å². The van der Waals surface area contributed by atoms with E-state index in [9.17, 15) is 4.79 Å². The molecule has 4 nitrogen and oxygen atoms in total. The fraction of sp³-hybridized carbons (Fsp3) is 0.400. The molecule has 0 bridgehead atoms. The minimum atomic E-state index is 0.152. The Morgan fingerprint density at radius 3 is 3.20 bits per heavy atom. The van der Waals surface area contributed by atoms with Crippen LogP contribution in [0.15, 0.2) is 0 Å². The first-order chi connectivity index (χ1) is 4.88. The van der Waals surface area contributed by atoms with Gasteiger partial charge in [-0.1, -0.05) is 4.49 Å². The minimum Gasteiger partial charge on any atom is -0.485 e. The van der Waals surface area contributed by atoms with Gasteiger partial charge in [-0.3, -0.25) is 4.79 Å². The standard InChI is InChI=1S/C5H5N2O2S/c1-9-5-4(2-3-8)6-7-10-5/h2H2,1H3. The topological polar surface area (TPSA) is 52.1 Å². The first kappa shape index (κ1) is 7.14. The summed E-state index contributed by atoms with van der Waals surface area (Å²) in [6.45, 7) is 0. The monoisotopic (exact) mass is 157 g/mol. The lowest BCUT2D eigenvalue weighted by atomic mass is 10.4. The van der Waals surface area contributed by atoms with E-state index >= 15 is 0 Å². The van der Waals surface area contributed by atoms with Gasteiger partial charge in [0.15, 0.2) is 0 Å². The second-order valence-corrected chi connectivity index (χ2v) is 2.25. The Morgan fingerprint density at radius 2 is 2.60 bits per heavy atom. The van der Waals surface area contributed by atoms with E-state index in [4.69, 9.17) is 4.74 Å². The smallest absolute Gasteiger partial charge is 0.217 e. The quantitative estimate of drug-likeness (QED) is 0.628. The lowest BCUT2D eigenvalue weighted by Gasteiger charge is -1.91. The summed E-state index contributed by atoms with van der Waals surface area (Å²) in [6, 6.07) is 0. The summed E-state index contributed by atoms with van der Waals surface area (Å²) in [7, 11) is 1.52. The summed E-state index contributed by atoms with van der Waals surface area (Å²) in [6.07, 6.45) is 1.87. The highest BCUT2D eigenvalue weighted by Gasteiger charge is 2.06. The number of carbonyl (C=O) groups excluding carboxylic acids is 1. The zero-order valence-electron chi connectivity index (χ0n) is 5.33. The van der Waals surface area contributed by atoms with E-state index in [0.29, 0.717) is 10.8 Å². The van der Waals surface area contributed by atoms with Crippen LogP contribution in [0.1, 0.15) is 5.69 Å². The van der Waals surface area contributed by atoms with Crippen molar-refractivity contribution in [3.63, 3.8) is 0 Å². The van der Waals surface area contributed by atoms with E-state index in [0.717, 1.165) is 11.5 Å². The van der Waals surface area contributed by atoms with Crippen molar-refractivity contribution in [3.05, 3.63) is 5.69 Å². The lowest BCUT2D eigenvalue weighted by molar-refractivity contribution is 0.421. The summed E-state index contributed by atoms with van der Waals surface area (Å²) < 4.78 is 8.45. The van der Waals surface area contributed by atoms with Crippen LogP contribution < -0.4 is 4.74 Å². The molecule has 0 N–H and O–H groups in total. The average molecular weight is 157 g/mol. The molecule has 0 spiro atoms. The highest BCUT2D eigenvalue weighted by atomic mass is 32.1. The molecule has 0 atom stereocenters. The van der Waals surface area contributed by atoms with Crippen LogP contribution in [0.2, 0.25) is 0 Å². The lowest BCUT2D eigenvalue weighted by Crippen LogP contribution is -1.89. The van der Waals surface area contributed by atoms with Crippen molar-refractivity contribution < 1.29 is 9.53 Å². The molecule has 1 radical (unpaired) electrons. The molecule has 5 heteroatoms. The van der Waals surface area contributed by atoms with Crippen molar-refractivity contribution in [2.75, 3.05) is 7.11 Å². The number of ether oxygens (including phenoxy) is 1. The molecule has 53 valence electrons. The van der Waals surface area contributed by atoms with Crippen LogP contribution in [-0.2, 0) is 11.2 Å². The second kappa shape index (κ2) is 3.26. The van der Waals surface area contributed by atoms with Crippen LogP contribution in [-0.4, -0.2) is 23.0 Å². The van der Waals surface area contributed by atoms with Crippen molar-refractivity contribution in [1.29, 1.82) is 0 Å². The van der Waals surface area contributed by atoms with Crippen LogP contribution in [0, 0.1) is 0 Å². The van der Waals surface area contributed by atoms with Crippen molar-refractivity contribution in [3.8, 4) is 5.06 Å². The predicted molar refractivity (Wildman–Crippen MR) is 35.9 cm³/mol. The number of hydrogen-bond donors (Lipinski definition) is 0. The van der Waals surface area contributed by atoms with E-state index in [1.807, 2.05) is 0 Å². The number of methoxy groups -OCH3 is 1. The van der Waals surface area contributed by atoms with Gasteiger partial charge >= 0.3 is 0 Å². The van der Waals surface area contributed by atoms with Gasteiger partial charge in [-0.25, -0.2) is 0 Å². The Labute approximate surface area is 62.0 Å². The van der Waals surface area contributed by atoms with Gasteiger partial charge in [0.1, 0.15) is 5.69 Å². The van der Waals surface area contributed by atoms with Crippen LogP contribution in [0.3, 0.4) is 0 Å². The zero-order valence-corrected chi connectivity index (χ0v) is 6.14. The van der Waals surface area contributed by atoms with E-state index in [-0.39, 0.29) is 6.42 Å². The molecule has 10 heavy (non-hydrogen) atoms. The molecule has 0 amide bonds. The van der Waals surface area contributed by atoms with Gasteiger partial charge in [0.25, 0.3) is 0 Å². The summed E-state index contributed by atoms with van der Waals surface area (Å²) in [5, 5.41) is 4.24. The molecule has 1 aromatic rings. The zero-order chi connectivity index (χ0) is 7.40. The Morgan fingerprint density at radius 1 is 1.80 bits per heavy atom. The first-order valence-corrected chi connectivity index (χ1v) is 3.36. The molecule has 0 unspecified atom stereocenters. The third-order valence-corrected chi connectivity index (χ3v) is 1.68. The van der Waals surface area contributed by atoms with Crippen LogP contribution in [0.5, 0.6) is 5.06 Å². The molecule has 1 rings (SSSR count). The summed E-state index contributed by atoms with van der Waals surface area (Å²) >= 11 is 1.13. The molecule has 0 aliphatic carbocycles. The maximum Gasteiger partial charge on any atom is 0.217 e. The van der Waals surface area contributed by atoms with Gasteiger partial charge < -0.3 is 4.74 Å². The van der Waals surface area contributed by atoms with E-state index in [1.165, 1.54) is 7.11 Å². The Balaban J connectivity index is 2.79. The normalized spacial score (nSPS) is 9.30. The number of nitrogens with zero attached hydrogens (tertiary/aromatic N) is 2. The molecule has 0 saturated heterocycles. The maximum absolute atomic E-state index is 9.90. The predicted octanol–water partition coefficient (Wildman–Crippen LogP) is 0.199. The van der Waals surface area contributed by atoms with Crippen LogP contribution in [0.25, 0.3) is 0 Å². The first-order valence-electron chi connectivity index (χ1n) is 2.58. The van der Waals surface area contributed by atoms with E-state index in [2.05, 4.69) is 9.59 Å². The van der Waals surface area contributed by atoms with Gasteiger partial charge in [-0.05, 0) is 0 Å². The fourth-order valence-corrected chi connectivity index (χ4v) is 1.04. The third-order valence-electron chi connectivity index (χ3n) is 0.946. The van der Waals surface area contributed by atoms with Crippen molar-refractivity contribution >= 4 is 17.8 Å². The summed E-state index contributed by atoms with van der Waals surface area (Å²) in [5.41, 5.74) is 0.558. The minimum absolute atomic E-state index is 0.152. The van der Waals surface area contributed by atoms with Gasteiger partial charge in [-0.15, -0.1) is 5.10 Å². The molecule has 1 aromatic heterocycles. The third kappa shape index (κ3) is 1.30. The van der Waals surface area contributed by atoms with Gasteiger partial charge in [0.2, 0.25) is 11.3 Å². The number of rotatable bonds is 3. The van der Waals surface area contributed by atoms with Crippen LogP contribution >= 0.6 is 11.5 Å². The Kier molecular flexibility index (Phi) is 2.33. The molecule has 0 aliphatic rings. The molecular weight excluding hydrogens is 152 g/mol. The Hall–Kier alpha value is -0.970. The number of aromatic nitrogens is 2. The van der Waals surface area contributed by atoms with E-state index in [1.54, 1.807) is 6.29 Å². The SMILES string of the molecule is COc1snnc1C[C]=O. The number of hydrogen-bond acceptors (Lipinski definition) is 5. The van der Waals surface area contributed by atoms with Gasteiger partial charge in [0.05, 0.1) is 13.5 Å². The fourth-order valence-electron chi connectivity index (χ4n) is 0.531. The summed E-state index contributed by atoms with van der Waals surface area (Å²) in [4.78, 5) is 9.90. The highest BCUT2D eigenvalue weighted by molar-refractivity contribution is 7.07. The van der Waals surface area contributed by atoms with Crippen LogP contribution in [0.4, 0.5) is 0 Å². The molecule has 0 saturated carbocycles. The summed E-state index contributed by atoms with van der Waals surface area (Å²) in [5.74, 6) is 0. The highest BCUT2D eigenvalue weighted by Crippen LogP contribution is 2.19. The van der Waals surface area contributed by atoms with Crippen molar-refractivity contribution in [2.45, 2.75) is 6.42 Å². The maximum atomic E-state index is 9.90. The molecule has 0 aliphatic heterocycles. The molecule has 0 aromatic carbocycles. The second-order valence-electron chi connectivity index (χ2n) is 1.53. The largest absolute Gasteiger partial charge is 0.485 e. The van der Waals surface area contributed by atoms with Gasteiger partial charge in [0, 0.05) is 11.5 Å². The molecule has 1 heterocycles. The molecule has 0 fully saturated rings. The molecular formula is C5H5N2O2S. The van der Waals surface area contributed by atoms with E-state index < -0.39 is 0 Å².